The average Bonchev–Trinajstić information content (AvgIpc) is 2.37. The van der Waals surface area contributed by atoms with Crippen molar-refractivity contribution in [3.05, 3.63) is 35.9 Å². The summed E-state index contributed by atoms with van der Waals surface area (Å²) in [6, 6.07) is 7.25. The minimum atomic E-state index is -0.835. The second-order valence-corrected chi connectivity index (χ2v) is 4.15. The highest BCUT2D eigenvalue weighted by Gasteiger charge is 2.10. The van der Waals surface area contributed by atoms with E-state index in [1.807, 2.05) is 38.1 Å². The Labute approximate surface area is 113 Å². The molecule has 0 amide bonds. The first-order valence-electron chi connectivity index (χ1n) is 6.18. The second-order valence-electron chi connectivity index (χ2n) is 4.15. The van der Waals surface area contributed by atoms with Crippen LogP contribution in [-0.4, -0.2) is 24.5 Å². The first-order valence-corrected chi connectivity index (χ1v) is 6.18. The molecule has 102 valence electrons. The third-order valence-electron chi connectivity index (χ3n) is 2.16. The number of benzene rings is 1. The Morgan fingerprint density at radius 3 is 2.37 bits per heavy atom. The number of carbonyl (C=O) groups excluding carboxylic acids is 2. The van der Waals surface area contributed by atoms with Gasteiger partial charge in [-0.1, -0.05) is 18.2 Å². The van der Waals surface area contributed by atoms with Gasteiger partial charge in [0, 0.05) is 0 Å². The second kappa shape index (κ2) is 7.36. The van der Waals surface area contributed by atoms with E-state index in [0.29, 0.717) is 0 Å². The summed E-state index contributed by atoms with van der Waals surface area (Å²) < 4.78 is 10.1. The van der Waals surface area contributed by atoms with Gasteiger partial charge in [-0.3, -0.25) is 4.79 Å². The molecular weight excluding hydrogens is 244 g/mol. The summed E-state index contributed by atoms with van der Waals surface area (Å²) in [5.41, 5.74) is 0.814. The van der Waals surface area contributed by atoms with Crippen LogP contribution in [0.1, 0.15) is 26.3 Å². The van der Waals surface area contributed by atoms with E-state index in [9.17, 15) is 9.59 Å². The zero-order valence-corrected chi connectivity index (χ0v) is 11.4. The van der Waals surface area contributed by atoms with Gasteiger partial charge in [0.2, 0.25) is 0 Å². The summed E-state index contributed by atoms with van der Waals surface area (Å²) in [5, 5.41) is 0. The van der Waals surface area contributed by atoms with Crippen molar-refractivity contribution in [1.29, 1.82) is 0 Å². The molecule has 0 heterocycles. The van der Waals surface area contributed by atoms with Crippen molar-refractivity contribution in [3.8, 4) is 5.75 Å². The average molecular weight is 262 g/mol. The van der Waals surface area contributed by atoms with Gasteiger partial charge in [-0.15, -0.1) is 0 Å². The van der Waals surface area contributed by atoms with Crippen molar-refractivity contribution in [2.24, 2.45) is 0 Å². The van der Waals surface area contributed by atoms with Crippen molar-refractivity contribution < 1.29 is 19.1 Å². The molecule has 1 aromatic carbocycles. The monoisotopic (exact) mass is 262 g/mol. The molecule has 1 aromatic rings. The SMILES string of the molecule is CCOC(=O)C(=O)C=Cc1ccc(OC(C)C)cc1. The highest BCUT2D eigenvalue weighted by atomic mass is 16.5. The van der Waals surface area contributed by atoms with Crippen LogP contribution >= 0.6 is 0 Å². The fraction of sp³-hybridized carbons (Fsp3) is 0.333. The first-order chi connectivity index (χ1) is 9.02. The molecule has 0 unspecified atom stereocenters. The van der Waals surface area contributed by atoms with E-state index in [1.54, 1.807) is 13.0 Å². The van der Waals surface area contributed by atoms with Gasteiger partial charge in [-0.25, -0.2) is 4.79 Å². The molecule has 4 nitrogen and oxygen atoms in total. The van der Waals surface area contributed by atoms with E-state index < -0.39 is 11.8 Å². The van der Waals surface area contributed by atoms with Crippen LogP contribution < -0.4 is 4.74 Å². The lowest BCUT2D eigenvalue weighted by atomic mass is 10.2. The lowest BCUT2D eigenvalue weighted by molar-refractivity contribution is -0.151. The highest BCUT2D eigenvalue weighted by Crippen LogP contribution is 2.14. The van der Waals surface area contributed by atoms with E-state index in [2.05, 4.69) is 4.74 Å². The molecule has 4 heteroatoms. The molecule has 19 heavy (non-hydrogen) atoms. The normalized spacial score (nSPS) is 10.7. The van der Waals surface area contributed by atoms with E-state index in [0.717, 1.165) is 11.3 Å². The lowest BCUT2D eigenvalue weighted by Gasteiger charge is -2.09. The highest BCUT2D eigenvalue weighted by molar-refractivity contribution is 6.39. The molecule has 0 fully saturated rings. The Bertz CT molecular complexity index is 458. The van der Waals surface area contributed by atoms with Crippen LogP contribution in [0.4, 0.5) is 0 Å². The van der Waals surface area contributed by atoms with Crippen molar-refractivity contribution in [2.75, 3.05) is 6.61 Å². The van der Waals surface area contributed by atoms with Crippen LogP contribution in [0.25, 0.3) is 6.08 Å². The summed E-state index contributed by atoms with van der Waals surface area (Å²) in [4.78, 5) is 22.4. The number of rotatable bonds is 6. The van der Waals surface area contributed by atoms with Gasteiger partial charge < -0.3 is 9.47 Å². The van der Waals surface area contributed by atoms with Gasteiger partial charge in [-0.2, -0.15) is 0 Å². The summed E-state index contributed by atoms with van der Waals surface area (Å²) in [5.74, 6) is -0.730. The topological polar surface area (TPSA) is 52.6 Å². The van der Waals surface area contributed by atoms with Crippen molar-refractivity contribution in [2.45, 2.75) is 26.9 Å². The van der Waals surface area contributed by atoms with Crippen LogP contribution in [0, 0.1) is 0 Å². The molecule has 0 saturated carbocycles. The summed E-state index contributed by atoms with van der Waals surface area (Å²) in [6.07, 6.45) is 2.89. The van der Waals surface area contributed by atoms with Gasteiger partial charge in [0.1, 0.15) is 5.75 Å². The number of ketones is 1. The molecule has 0 bridgehead atoms. The Balaban J connectivity index is 2.62. The Kier molecular flexibility index (Phi) is 5.79. The molecule has 0 aliphatic heterocycles. The number of esters is 1. The van der Waals surface area contributed by atoms with E-state index in [1.165, 1.54) is 6.08 Å². The fourth-order valence-corrected chi connectivity index (χ4v) is 1.37. The van der Waals surface area contributed by atoms with Gasteiger partial charge in [0.05, 0.1) is 12.7 Å². The molecule has 0 spiro atoms. The van der Waals surface area contributed by atoms with Crippen LogP contribution in [0.3, 0.4) is 0 Å². The van der Waals surface area contributed by atoms with E-state index >= 15 is 0 Å². The smallest absolute Gasteiger partial charge is 0.379 e. The number of carbonyl (C=O) groups is 2. The Hall–Kier alpha value is -2.10. The third kappa shape index (κ3) is 5.38. The molecular formula is C15H18O4. The van der Waals surface area contributed by atoms with Gasteiger partial charge in [0.15, 0.2) is 0 Å². The van der Waals surface area contributed by atoms with E-state index in [4.69, 9.17) is 4.74 Å². The molecule has 0 radical (unpaired) electrons. The summed E-state index contributed by atoms with van der Waals surface area (Å²) in [6.45, 7) is 5.75. The van der Waals surface area contributed by atoms with Crippen molar-refractivity contribution >= 4 is 17.8 Å². The lowest BCUT2D eigenvalue weighted by Crippen LogP contribution is -2.14. The Morgan fingerprint density at radius 1 is 1.21 bits per heavy atom. The first kappa shape index (κ1) is 15.0. The van der Waals surface area contributed by atoms with Crippen LogP contribution in [-0.2, 0) is 14.3 Å². The fourth-order valence-electron chi connectivity index (χ4n) is 1.37. The van der Waals surface area contributed by atoms with Crippen LogP contribution in [0.2, 0.25) is 0 Å². The Morgan fingerprint density at radius 2 is 1.84 bits per heavy atom. The minimum absolute atomic E-state index is 0.117. The standard InChI is InChI=1S/C15H18O4/c1-4-18-15(17)14(16)10-7-12-5-8-13(9-6-12)19-11(2)3/h5-11H,4H2,1-3H3. The zero-order chi connectivity index (χ0) is 14.3. The molecule has 1 rings (SSSR count). The molecule has 0 aliphatic rings. The third-order valence-corrected chi connectivity index (χ3v) is 2.16. The van der Waals surface area contributed by atoms with Gasteiger partial charge >= 0.3 is 5.97 Å². The largest absolute Gasteiger partial charge is 0.491 e. The van der Waals surface area contributed by atoms with Crippen molar-refractivity contribution in [1.82, 2.24) is 0 Å². The molecule has 0 saturated heterocycles. The van der Waals surface area contributed by atoms with Crippen LogP contribution in [0.15, 0.2) is 30.3 Å². The predicted molar refractivity (Wildman–Crippen MR) is 72.9 cm³/mol. The molecule has 0 aliphatic carbocycles. The van der Waals surface area contributed by atoms with Gasteiger partial charge in [0.25, 0.3) is 5.78 Å². The number of hydrogen-bond acceptors (Lipinski definition) is 4. The summed E-state index contributed by atoms with van der Waals surface area (Å²) >= 11 is 0. The molecule has 0 N–H and O–H groups in total. The maximum Gasteiger partial charge on any atom is 0.379 e. The van der Waals surface area contributed by atoms with Crippen LogP contribution in [0.5, 0.6) is 5.75 Å². The quantitative estimate of drug-likeness (QED) is 0.449. The van der Waals surface area contributed by atoms with E-state index in [-0.39, 0.29) is 12.7 Å². The number of ether oxygens (including phenoxy) is 2. The van der Waals surface area contributed by atoms with Gasteiger partial charge in [-0.05, 0) is 44.5 Å². The molecule has 0 aromatic heterocycles. The maximum absolute atomic E-state index is 11.3. The predicted octanol–water partition coefficient (Wildman–Crippen LogP) is 2.62. The summed E-state index contributed by atoms with van der Waals surface area (Å²) in [7, 11) is 0. The maximum atomic E-state index is 11.3. The number of hydrogen-bond donors (Lipinski definition) is 0. The van der Waals surface area contributed by atoms with Crippen molar-refractivity contribution in [3.63, 3.8) is 0 Å². The minimum Gasteiger partial charge on any atom is -0.491 e. The molecule has 0 atom stereocenters. The zero-order valence-electron chi connectivity index (χ0n) is 11.4.